The van der Waals surface area contributed by atoms with Crippen molar-refractivity contribution in [2.45, 2.75) is 25.4 Å². The topological polar surface area (TPSA) is 93.9 Å². The number of ether oxygens (including phenoxy) is 2. The van der Waals surface area contributed by atoms with Crippen molar-refractivity contribution in [3.05, 3.63) is 61.8 Å². The molecule has 1 aromatic carbocycles. The van der Waals surface area contributed by atoms with E-state index in [2.05, 4.69) is 26.8 Å². The second-order valence-electron chi connectivity index (χ2n) is 9.18. The maximum absolute atomic E-state index is 11.9. The first-order valence-corrected chi connectivity index (χ1v) is 11.7. The van der Waals surface area contributed by atoms with Crippen LogP contribution in [0.25, 0.3) is 16.6 Å². The molecule has 35 heavy (non-hydrogen) atoms. The molecule has 1 spiro atoms. The van der Waals surface area contributed by atoms with Gasteiger partial charge in [0, 0.05) is 48.5 Å². The van der Waals surface area contributed by atoms with Gasteiger partial charge < -0.3 is 24.1 Å². The Hall–Kier alpha value is -4.14. The second-order valence-corrected chi connectivity index (χ2v) is 9.18. The number of amides is 1. The van der Waals surface area contributed by atoms with Gasteiger partial charge in [0.2, 0.25) is 5.91 Å². The normalized spacial score (nSPS) is 18.5. The Morgan fingerprint density at radius 3 is 2.86 bits per heavy atom. The van der Waals surface area contributed by atoms with Gasteiger partial charge in [-0.2, -0.15) is 0 Å². The lowest BCUT2D eigenvalue weighted by molar-refractivity contribution is -0.127. The molecule has 1 aliphatic carbocycles. The minimum atomic E-state index is 0.00128. The number of carbonyl (C=O) groups is 1. The van der Waals surface area contributed by atoms with E-state index in [0.717, 1.165) is 54.6 Å². The van der Waals surface area contributed by atoms with Gasteiger partial charge in [-0.1, -0.05) is 6.58 Å². The number of likely N-dealkylation sites (tertiary alicyclic amines) is 1. The number of hydrogen-bond donors (Lipinski definition) is 1. The molecule has 6 rings (SSSR count). The molecule has 2 fully saturated rings. The van der Waals surface area contributed by atoms with Crippen molar-refractivity contribution in [2.24, 2.45) is 5.41 Å². The molecule has 178 valence electrons. The molecular formula is C26H26N6O3. The Balaban J connectivity index is 1.25. The molecule has 1 saturated carbocycles. The van der Waals surface area contributed by atoms with Gasteiger partial charge in [-0.3, -0.25) is 4.79 Å². The zero-order chi connectivity index (χ0) is 24.0. The highest BCUT2D eigenvalue weighted by Gasteiger charge is 2.57. The van der Waals surface area contributed by atoms with Crippen LogP contribution in [-0.4, -0.2) is 56.5 Å². The molecule has 0 radical (unpaired) electrons. The summed E-state index contributed by atoms with van der Waals surface area (Å²) in [6.07, 6.45) is 11.5. The third kappa shape index (κ3) is 3.82. The molecule has 1 N–H and O–H groups in total. The van der Waals surface area contributed by atoms with E-state index in [1.54, 1.807) is 13.3 Å². The molecule has 2 aliphatic rings. The van der Waals surface area contributed by atoms with Gasteiger partial charge >= 0.3 is 0 Å². The summed E-state index contributed by atoms with van der Waals surface area (Å²) >= 11 is 0. The Labute approximate surface area is 202 Å². The number of methoxy groups -OCH3 is 1. The van der Waals surface area contributed by atoms with Crippen LogP contribution in [0.5, 0.6) is 11.5 Å². The van der Waals surface area contributed by atoms with Crippen molar-refractivity contribution in [2.75, 3.05) is 25.5 Å². The zero-order valence-electron chi connectivity index (χ0n) is 19.5. The lowest BCUT2D eigenvalue weighted by Crippen LogP contribution is -2.39. The van der Waals surface area contributed by atoms with E-state index in [4.69, 9.17) is 9.47 Å². The summed E-state index contributed by atoms with van der Waals surface area (Å²) in [5.41, 5.74) is 2.64. The fraction of sp³-hybridized carbons (Fsp3) is 0.308. The van der Waals surface area contributed by atoms with Crippen LogP contribution in [0.1, 0.15) is 19.3 Å². The predicted molar refractivity (Wildman–Crippen MR) is 132 cm³/mol. The van der Waals surface area contributed by atoms with E-state index in [1.807, 2.05) is 46.0 Å². The highest BCUT2D eigenvalue weighted by molar-refractivity contribution is 5.93. The van der Waals surface area contributed by atoms with Crippen molar-refractivity contribution >= 4 is 34.0 Å². The molecule has 1 aliphatic heterocycles. The van der Waals surface area contributed by atoms with Gasteiger partial charge in [0.25, 0.3) is 0 Å². The average Bonchev–Trinajstić information content (AvgIpc) is 3.31. The quantitative estimate of drug-likeness (QED) is 0.426. The van der Waals surface area contributed by atoms with Crippen LogP contribution in [-0.2, 0) is 4.79 Å². The Bertz CT molecular complexity index is 1440. The molecule has 1 unspecified atom stereocenters. The van der Waals surface area contributed by atoms with E-state index in [1.165, 1.54) is 12.4 Å². The maximum atomic E-state index is 11.9. The predicted octanol–water partition coefficient (Wildman–Crippen LogP) is 3.98. The van der Waals surface area contributed by atoms with Crippen molar-refractivity contribution in [1.82, 2.24) is 24.3 Å². The van der Waals surface area contributed by atoms with Crippen LogP contribution in [0.4, 0.5) is 11.5 Å². The first kappa shape index (κ1) is 21.4. The number of hydrogen-bond acceptors (Lipinski definition) is 7. The van der Waals surface area contributed by atoms with Crippen LogP contribution in [0.2, 0.25) is 0 Å². The summed E-state index contributed by atoms with van der Waals surface area (Å²) in [5, 5.41) is 4.24. The number of rotatable bonds is 6. The molecule has 4 heterocycles. The fourth-order valence-electron chi connectivity index (χ4n) is 5.00. The largest absolute Gasteiger partial charge is 0.493 e. The summed E-state index contributed by atoms with van der Waals surface area (Å²) in [4.78, 5) is 27.0. The van der Waals surface area contributed by atoms with Crippen LogP contribution < -0.4 is 14.8 Å². The number of nitrogens with one attached hydrogen (secondary N) is 1. The monoisotopic (exact) mass is 470 g/mol. The molecule has 4 aromatic rings. The highest BCUT2D eigenvalue weighted by atomic mass is 16.5. The van der Waals surface area contributed by atoms with Gasteiger partial charge in [0.15, 0.2) is 11.5 Å². The first-order valence-electron chi connectivity index (χ1n) is 11.7. The summed E-state index contributed by atoms with van der Waals surface area (Å²) in [7, 11) is 1.64. The summed E-state index contributed by atoms with van der Waals surface area (Å²) in [6.45, 7) is 5.08. The van der Waals surface area contributed by atoms with Crippen molar-refractivity contribution in [3.8, 4) is 11.5 Å². The minimum Gasteiger partial charge on any atom is -0.493 e. The minimum absolute atomic E-state index is 0.00128. The van der Waals surface area contributed by atoms with E-state index < -0.39 is 0 Å². The average molecular weight is 471 g/mol. The Kier molecular flexibility index (Phi) is 5.05. The molecule has 1 atom stereocenters. The van der Waals surface area contributed by atoms with E-state index in [9.17, 15) is 4.79 Å². The standard InChI is InChI=1S/C26H26N6O3/c1-3-24(33)31-9-6-26(7-10-31)14-22(26)35-21-12-18-19(13-20(21)34-2)28-16-29-25(18)30-17-4-5-23-27-8-11-32(23)15-17/h3-5,8,11-13,15-16,22H,1,6-7,9-10,14H2,2H3,(H,28,29,30). The van der Waals surface area contributed by atoms with Crippen LogP contribution in [0.3, 0.4) is 0 Å². The molecular weight excluding hydrogens is 444 g/mol. The van der Waals surface area contributed by atoms with Crippen molar-refractivity contribution < 1.29 is 14.3 Å². The number of benzene rings is 1. The van der Waals surface area contributed by atoms with E-state index in [0.29, 0.717) is 17.3 Å². The Morgan fingerprint density at radius 2 is 2.06 bits per heavy atom. The number of pyridine rings is 1. The van der Waals surface area contributed by atoms with Gasteiger partial charge in [0.05, 0.1) is 18.3 Å². The maximum Gasteiger partial charge on any atom is 0.245 e. The molecule has 3 aromatic heterocycles. The van der Waals surface area contributed by atoms with E-state index >= 15 is 0 Å². The van der Waals surface area contributed by atoms with Crippen LogP contribution in [0, 0.1) is 5.41 Å². The summed E-state index contributed by atoms with van der Waals surface area (Å²) < 4.78 is 14.1. The number of imidazole rings is 1. The zero-order valence-corrected chi connectivity index (χ0v) is 19.5. The van der Waals surface area contributed by atoms with Gasteiger partial charge in [-0.25, -0.2) is 15.0 Å². The number of fused-ring (bicyclic) bond motifs is 2. The number of nitrogens with zero attached hydrogens (tertiary/aromatic N) is 5. The van der Waals surface area contributed by atoms with Crippen molar-refractivity contribution in [3.63, 3.8) is 0 Å². The fourth-order valence-corrected chi connectivity index (χ4v) is 5.00. The lowest BCUT2D eigenvalue weighted by atomic mass is 9.93. The van der Waals surface area contributed by atoms with E-state index in [-0.39, 0.29) is 17.4 Å². The molecule has 9 heteroatoms. The first-order chi connectivity index (χ1) is 17.1. The second kappa shape index (κ2) is 8.26. The lowest BCUT2D eigenvalue weighted by Gasteiger charge is -2.32. The number of piperidine rings is 1. The molecule has 9 nitrogen and oxygen atoms in total. The number of anilines is 2. The van der Waals surface area contributed by atoms with Crippen molar-refractivity contribution in [1.29, 1.82) is 0 Å². The Morgan fingerprint density at radius 1 is 1.20 bits per heavy atom. The van der Waals surface area contributed by atoms with Crippen LogP contribution >= 0.6 is 0 Å². The highest BCUT2D eigenvalue weighted by Crippen LogP contribution is 2.56. The molecule has 1 amide bonds. The van der Waals surface area contributed by atoms with Gasteiger partial charge in [-0.05, 0) is 43.5 Å². The van der Waals surface area contributed by atoms with Crippen LogP contribution in [0.15, 0.2) is 61.8 Å². The third-order valence-electron chi connectivity index (χ3n) is 7.20. The summed E-state index contributed by atoms with van der Waals surface area (Å²) in [6, 6.07) is 7.75. The molecule has 1 saturated heterocycles. The van der Waals surface area contributed by atoms with Gasteiger partial charge in [0.1, 0.15) is 23.9 Å². The number of aromatic nitrogens is 4. The smallest absolute Gasteiger partial charge is 0.245 e. The molecule has 0 bridgehead atoms. The SMILES string of the molecule is C=CC(=O)N1CCC2(CC1)CC2Oc1cc2c(Nc3ccc4nccn4c3)ncnc2cc1OC. The third-order valence-corrected chi connectivity index (χ3v) is 7.20. The van der Waals surface area contributed by atoms with Gasteiger partial charge in [-0.15, -0.1) is 0 Å². The number of carbonyl (C=O) groups excluding carboxylic acids is 1. The summed E-state index contributed by atoms with van der Waals surface area (Å²) in [5.74, 6) is 2.00.